The first-order chi connectivity index (χ1) is 36.6. The molecule has 0 spiro atoms. The molecule has 0 N–H and O–H groups in total. The van der Waals surface area contributed by atoms with Gasteiger partial charge in [-0.2, -0.15) is 0 Å². The average molecular weight is 1080 g/mol. The maximum Gasteiger partial charge on any atom is 0.144 e. The molecule has 8 heteroatoms. The molecule has 0 saturated heterocycles. The number of benzene rings is 11. The van der Waals surface area contributed by atoms with Crippen molar-refractivity contribution in [1.29, 1.82) is 0 Å². The topological polar surface area (TPSA) is 36.9 Å². The van der Waals surface area contributed by atoms with Crippen molar-refractivity contribution < 1.29 is 18.9 Å². The molecular weight excluding hydrogens is 1020 g/mol. The van der Waals surface area contributed by atoms with E-state index >= 15 is 0 Å². The Labute approximate surface area is 465 Å². The van der Waals surface area contributed by atoms with Crippen LogP contribution >= 0.6 is 46.4 Å². The van der Waals surface area contributed by atoms with Gasteiger partial charge in [0.2, 0.25) is 0 Å². The van der Waals surface area contributed by atoms with Gasteiger partial charge in [0.1, 0.15) is 46.0 Å². The SMILES string of the molecule is CC(C)c1cccc(C(C)C)c1-c1c(-c2c(C(C)C)cccc2C(C)C)c2ccc(Oc3cccc(Cl)c3)c3c4c(Oc5cccc(Cl)c5)ccc5ccc(Oc6cccc(Cl)c6)c(c(c1Oc1cccc(Cl)c1)c23)c54. The number of halogens is 4. The lowest BCUT2D eigenvalue weighted by molar-refractivity contribution is 0.483. The van der Waals surface area contributed by atoms with Crippen LogP contribution in [0.2, 0.25) is 20.1 Å². The predicted molar refractivity (Wildman–Crippen MR) is 321 cm³/mol. The molecule has 0 atom stereocenters. The van der Waals surface area contributed by atoms with E-state index in [0.29, 0.717) is 66.1 Å². The van der Waals surface area contributed by atoms with E-state index in [9.17, 15) is 0 Å². The quantitative estimate of drug-likeness (QED) is 0.0803. The van der Waals surface area contributed by atoms with Gasteiger partial charge >= 0.3 is 0 Å². The highest BCUT2D eigenvalue weighted by molar-refractivity contribution is 6.40. The van der Waals surface area contributed by atoms with Crippen molar-refractivity contribution >= 4 is 89.5 Å². The maximum absolute atomic E-state index is 7.81. The molecule has 76 heavy (non-hydrogen) atoms. The van der Waals surface area contributed by atoms with Crippen LogP contribution in [0.25, 0.3) is 65.3 Å². The minimum absolute atomic E-state index is 0.124. The second kappa shape index (κ2) is 20.9. The van der Waals surface area contributed by atoms with Crippen LogP contribution in [0.5, 0.6) is 46.0 Å². The molecule has 0 unspecified atom stereocenters. The van der Waals surface area contributed by atoms with Crippen molar-refractivity contribution in [3.8, 4) is 68.2 Å². The van der Waals surface area contributed by atoms with Crippen LogP contribution < -0.4 is 18.9 Å². The molecule has 11 rings (SSSR count). The number of rotatable bonds is 14. The molecule has 0 aliphatic rings. The summed E-state index contributed by atoms with van der Waals surface area (Å²) in [4.78, 5) is 0. The highest BCUT2D eigenvalue weighted by atomic mass is 35.5. The fourth-order valence-corrected chi connectivity index (χ4v) is 11.8. The molecule has 0 aromatic heterocycles. The van der Waals surface area contributed by atoms with Gasteiger partial charge in [-0.25, -0.2) is 0 Å². The largest absolute Gasteiger partial charge is 0.457 e. The summed E-state index contributed by atoms with van der Waals surface area (Å²) >= 11 is 27.1. The summed E-state index contributed by atoms with van der Waals surface area (Å²) in [5, 5.41) is 9.12. The summed E-state index contributed by atoms with van der Waals surface area (Å²) in [6.45, 7) is 18.2. The number of hydrogen-bond acceptors (Lipinski definition) is 4. The van der Waals surface area contributed by atoms with Crippen LogP contribution in [0.1, 0.15) is 101 Å². The second-order valence-electron chi connectivity index (χ2n) is 20.8. The molecule has 4 nitrogen and oxygen atoms in total. The van der Waals surface area contributed by atoms with Gasteiger partial charge in [-0.1, -0.05) is 175 Å². The first-order valence-electron chi connectivity index (χ1n) is 25.9. The van der Waals surface area contributed by atoms with Crippen molar-refractivity contribution in [2.24, 2.45) is 0 Å². The summed E-state index contributed by atoms with van der Waals surface area (Å²) in [6, 6.07) is 56.3. The van der Waals surface area contributed by atoms with Crippen LogP contribution in [0.15, 0.2) is 170 Å². The van der Waals surface area contributed by atoms with E-state index in [4.69, 9.17) is 65.4 Å². The predicted octanol–water partition coefficient (Wildman–Crippen LogP) is 23.3. The van der Waals surface area contributed by atoms with E-state index in [0.717, 1.165) is 65.3 Å². The molecule has 0 radical (unpaired) electrons. The Kier molecular flexibility index (Phi) is 14.1. The monoisotopic (exact) mass is 1080 g/mol. The van der Waals surface area contributed by atoms with Crippen LogP contribution in [0.4, 0.5) is 0 Å². The molecule has 0 aliphatic heterocycles. The van der Waals surface area contributed by atoms with Crippen LogP contribution in [-0.2, 0) is 0 Å². The van der Waals surface area contributed by atoms with E-state index in [1.54, 1.807) is 0 Å². The van der Waals surface area contributed by atoms with Gasteiger partial charge < -0.3 is 18.9 Å². The molecule has 0 heterocycles. The van der Waals surface area contributed by atoms with Crippen molar-refractivity contribution in [3.63, 3.8) is 0 Å². The number of ether oxygens (including phenoxy) is 4. The van der Waals surface area contributed by atoms with Gasteiger partial charge in [0.05, 0.1) is 0 Å². The lowest BCUT2D eigenvalue weighted by atomic mass is 9.75. The highest BCUT2D eigenvalue weighted by Crippen LogP contribution is 2.61. The number of fused-ring (bicyclic) bond motifs is 2. The van der Waals surface area contributed by atoms with Gasteiger partial charge in [-0.3, -0.25) is 0 Å². The summed E-state index contributed by atoms with van der Waals surface area (Å²) in [5.74, 6) is 5.23. The van der Waals surface area contributed by atoms with E-state index in [1.165, 1.54) is 22.3 Å². The first-order valence-corrected chi connectivity index (χ1v) is 27.4. The zero-order valence-corrected chi connectivity index (χ0v) is 46.6. The van der Waals surface area contributed by atoms with Gasteiger partial charge in [0.15, 0.2) is 0 Å². The Hall–Kier alpha value is -6.92. The second-order valence-corrected chi connectivity index (χ2v) is 22.5. The molecule has 11 aromatic rings. The Morgan fingerprint density at radius 3 is 1.00 bits per heavy atom. The van der Waals surface area contributed by atoms with E-state index in [-0.39, 0.29) is 23.7 Å². The lowest BCUT2D eigenvalue weighted by Gasteiger charge is -2.31. The molecular formula is C68H56Cl4O4. The van der Waals surface area contributed by atoms with Crippen LogP contribution in [-0.4, -0.2) is 0 Å². The molecule has 0 bridgehead atoms. The normalized spacial score (nSPS) is 11.9. The van der Waals surface area contributed by atoms with Gasteiger partial charge in [0.25, 0.3) is 0 Å². The van der Waals surface area contributed by atoms with Crippen molar-refractivity contribution in [3.05, 3.63) is 212 Å². The minimum Gasteiger partial charge on any atom is -0.457 e. The third kappa shape index (κ3) is 9.45. The Morgan fingerprint density at radius 1 is 0.289 bits per heavy atom. The summed E-state index contributed by atoms with van der Waals surface area (Å²) < 4.78 is 29.3. The Bertz CT molecular complexity index is 3920. The van der Waals surface area contributed by atoms with Crippen LogP contribution in [0, 0.1) is 0 Å². The third-order valence-corrected chi connectivity index (χ3v) is 15.3. The molecule has 11 aromatic carbocycles. The standard InChI is InChI=1S/C68H56Cl4O4/c1-37(2)50-23-13-24-51(38(3)4)59(50)61-54-29-32-57(75-48-21-11-17-44(71)35-48)65-62(54)67(68(76-49-22-12-18-45(72)36-49)66(61)60-52(39(5)6)25-14-26-53(60)40(7)8)64-56(74-47-20-10-16-43(70)34-47)31-28-41-27-30-55(63(65)58(41)64)73-46-19-9-15-42(69)33-46/h9-40H,1-8H3. The fourth-order valence-electron chi connectivity index (χ4n) is 11.1. The zero-order chi connectivity index (χ0) is 53.1. The van der Waals surface area contributed by atoms with Crippen LogP contribution in [0.3, 0.4) is 0 Å². The molecule has 0 amide bonds. The van der Waals surface area contributed by atoms with Crippen molar-refractivity contribution in [2.45, 2.75) is 79.1 Å². The van der Waals surface area contributed by atoms with E-state index in [2.05, 4.69) is 116 Å². The average Bonchev–Trinajstić information content (AvgIpc) is 3.58. The molecule has 0 aliphatic carbocycles. The number of hydrogen-bond donors (Lipinski definition) is 0. The Balaban J connectivity index is 1.49. The minimum atomic E-state index is 0.124. The third-order valence-electron chi connectivity index (χ3n) is 14.3. The van der Waals surface area contributed by atoms with Gasteiger partial charge in [-0.15, -0.1) is 0 Å². The molecule has 380 valence electrons. The van der Waals surface area contributed by atoms with Gasteiger partial charge in [-0.05, 0) is 165 Å². The summed E-state index contributed by atoms with van der Waals surface area (Å²) in [7, 11) is 0. The van der Waals surface area contributed by atoms with E-state index < -0.39 is 0 Å². The lowest BCUT2D eigenvalue weighted by Crippen LogP contribution is -2.07. The maximum atomic E-state index is 7.81. The smallest absolute Gasteiger partial charge is 0.144 e. The van der Waals surface area contributed by atoms with Crippen molar-refractivity contribution in [2.75, 3.05) is 0 Å². The fraction of sp³-hybridized carbons (Fsp3) is 0.176. The highest BCUT2D eigenvalue weighted by Gasteiger charge is 2.34. The Morgan fingerprint density at radius 2 is 0.618 bits per heavy atom. The van der Waals surface area contributed by atoms with E-state index in [1.807, 2.05) is 109 Å². The zero-order valence-electron chi connectivity index (χ0n) is 43.6. The van der Waals surface area contributed by atoms with Crippen molar-refractivity contribution in [1.82, 2.24) is 0 Å². The molecule has 0 saturated carbocycles. The van der Waals surface area contributed by atoms with Gasteiger partial charge in [0, 0.05) is 63.5 Å². The summed E-state index contributed by atoms with van der Waals surface area (Å²) in [5.41, 5.74) is 9.15. The summed E-state index contributed by atoms with van der Waals surface area (Å²) in [6.07, 6.45) is 0. The molecule has 0 fully saturated rings. The first kappa shape index (κ1) is 51.2.